The smallest absolute Gasteiger partial charge is 0.242 e. The maximum atomic E-state index is 13.2. The van der Waals surface area contributed by atoms with Crippen LogP contribution in [-0.2, 0) is 26.0 Å². The van der Waals surface area contributed by atoms with Crippen molar-refractivity contribution >= 4 is 49.8 Å². The van der Waals surface area contributed by atoms with E-state index < -0.39 is 21.5 Å². The molecule has 0 atom stereocenters. The number of aromatic nitrogens is 1. The van der Waals surface area contributed by atoms with Crippen LogP contribution in [0.15, 0.2) is 53.6 Å². The molecule has 0 unspecified atom stereocenters. The monoisotopic (exact) mass is 487 g/mol. The Bertz CT molecular complexity index is 1310. The van der Waals surface area contributed by atoms with E-state index in [0.29, 0.717) is 21.6 Å². The van der Waals surface area contributed by atoms with Crippen molar-refractivity contribution in [2.45, 2.75) is 37.6 Å². The van der Waals surface area contributed by atoms with Crippen LogP contribution in [0.5, 0.6) is 0 Å². The van der Waals surface area contributed by atoms with Gasteiger partial charge < -0.3 is 14.8 Å². The van der Waals surface area contributed by atoms with Crippen molar-refractivity contribution in [1.29, 1.82) is 0 Å². The summed E-state index contributed by atoms with van der Waals surface area (Å²) in [6, 6.07) is 12.0. The lowest BCUT2D eigenvalue weighted by atomic mass is 10.1. The number of halogens is 1. The molecule has 2 amide bonds. The highest BCUT2D eigenvalue weighted by Crippen LogP contribution is 2.27. The molecule has 1 aromatic heterocycles. The van der Waals surface area contributed by atoms with Crippen LogP contribution in [-0.4, -0.2) is 48.5 Å². The van der Waals surface area contributed by atoms with Crippen molar-refractivity contribution in [3.63, 3.8) is 0 Å². The first-order valence-electron chi connectivity index (χ1n) is 10.9. The number of hydrogen-bond donors (Lipinski definition) is 1. The molecule has 1 saturated heterocycles. The van der Waals surface area contributed by atoms with Gasteiger partial charge in [0.05, 0.1) is 4.90 Å². The first-order valence-corrected chi connectivity index (χ1v) is 12.9. The maximum Gasteiger partial charge on any atom is 0.242 e. The number of rotatable bonds is 6. The van der Waals surface area contributed by atoms with Gasteiger partial charge in [-0.05, 0) is 49.9 Å². The van der Waals surface area contributed by atoms with Crippen LogP contribution < -0.4 is 5.32 Å². The molecule has 0 aliphatic carbocycles. The molecule has 1 aliphatic heterocycles. The molecule has 0 radical (unpaired) electrons. The van der Waals surface area contributed by atoms with Crippen molar-refractivity contribution in [1.82, 2.24) is 9.47 Å². The highest BCUT2D eigenvalue weighted by atomic mass is 35.5. The summed E-state index contributed by atoms with van der Waals surface area (Å²) >= 11 is 6.09. The zero-order valence-corrected chi connectivity index (χ0v) is 20.0. The third-order valence-electron chi connectivity index (χ3n) is 5.88. The average Bonchev–Trinajstić information content (AvgIpc) is 3.16. The Kier molecular flexibility index (Phi) is 6.76. The van der Waals surface area contributed by atoms with Gasteiger partial charge in [-0.1, -0.05) is 35.9 Å². The number of piperidine rings is 1. The van der Waals surface area contributed by atoms with E-state index in [1.54, 1.807) is 47.0 Å². The molecule has 0 spiro atoms. The molecule has 1 aliphatic rings. The SMILES string of the molecule is Cc1ccc(NC(=O)CS(=O)(=O)c2cn(CC(=O)N3CCCCC3)c3ccccc23)cc1Cl. The lowest BCUT2D eigenvalue weighted by molar-refractivity contribution is -0.132. The number of hydrogen-bond acceptors (Lipinski definition) is 4. The van der Waals surface area contributed by atoms with Crippen LogP contribution in [0.25, 0.3) is 10.9 Å². The number of sulfone groups is 1. The Morgan fingerprint density at radius 3 is 2.52 bits per heavy atom. The normalized spacial score (nSPS) is 14.4. The average molecular weight is 488 g/mol. The van der Waals surface area contributed by atoms with Crippen LogP contribution in [0, 0.1) is 6.92 Å². The van der Waals surface area contributed by atoms with Gasteiger partial charge >= 0.3 is 0 Å². The fraction of sp³-hybridized carbons (Fsp3) is 0.333. The molecule has 174 valence electrons. The number of amides is 2. The van der Waals surface area contributed by atoms with Crippen molar-refractivity contribution in [2.24, 2.45) is 0 Å². The third-order valence-corrected chi connectivity index (χ3v) is 7.92. The van der Waals surface area contributed by atoms with E-state index in [-0.39, 0.29) is 17.3 Å². The Hall–Kier alpha value is -2.84. The van der Waals surface area contributed by atoms with Crippen molar-refractivity contribution in [2.75, 3.05) is 24.2 Å². The molecule has 0 saturated carbocycles. The van der Waals surface area contributed by atoms with Crippen molar-refractivity contribution in [3.05, 3.63) is 59.2 Å². The number of anilines is 1. The molecule has 9 heteroatoms. The molecule has 1 N–H and O–H groups in total. The number of aryl methyl sites for hydroxylation is 1. The summed E-state index contributed by atoms with van der Waals surface area (Å²) in [5.41, 5.74) is 1.93. The molecule has 4 rings (SSSR count). The highest BCUT2D eigenvalue weighted by molar-refractivity contribution is 7.92. The van der Waals surface area contributed by atoms with Gasteiger partial charge in [-0.25, -0.2) is 8.42 Å². The number of fused-ring (bicyclic) bond motifs is 1. The molecule has 3 aromatic rings. The molecular formula is C24H26ClN3O4S. The number of carbonyl (C=O) groups excluding carboxylic acids is 2. The van der Waals surface area contributed by atoms with Crippen LogP contribution in [0.4, 0.5) is 5.69 Å². The predicted molar refractivity (Wildman–Crippen MR) is 129 cm³/mol. The first kappa shape index (κ1) is 23.3. The number of para-hydroxylation sites is 1. The summed E-state index contributed by atoms with van der Waals surface area (Å²) in [4.78, 5) is 27.2. The number of likely N-dealkylation sites (tertiary alicyclic amines) is 1. The van der Waals surface area contributed by atoms with Gasteiger partial charge in [-0.3, -0.25) is 9.59 Å². The van der Waals surface area contributed by atoms with E-state index in [1.165, 1.54) is 6.20 Å². The van der Waals surface area contributed by atoms with Crippen LogP contribution in [0.3, 0.4) is 0 Å². The molecule has 33 heavy (non-hydrogen) atoms. The van der Waals surface area contributed by atoms with E-state index >= 15 is 0 Å². The van der Waals surface area contributed by atoms with E-state index in [0.717, 1.165) is 37.9 Å². The van der Waals surface area contributed by atoms with Gasteiger partial charge in [-0.2, -0.15) is 0 Å². The number of benzene rings is 2. The summed E-state index contributed by atoms with van der Waals surface area (Å²) in [5.74, 6) is -1.41. The zero-order valence-electron chi connectivity index (χ0n) is 18.4. The summed E-state index contributed by atoms with van der Waals surface area (Å²) in [6.45, 7) is 3.35. The molecule has 2 heterocycles. The number of nitrogens with zero attached hydrogens (tertiary/aromatic N) is 2. The summed E-state index contributed by atoms with van der Waals surface area (Å²) < 4.78 is 28.0. The second-order valence-corrected chi connectivity index (χ2v) is 10.7. The fourth-order valence-electron chi connectivity index (χ4n) is 4.10. The van der Waals surface area contributed by atoms with Gasteiger partial charge in [0, 0.05) is 40.9 Å². The topological polar surface area (TPSA) is 88.5 Å². The van der Waals surface area contributed by atoms with Crippen molar-refractivity contribution in [3.8, 4) is 0 Å². The lowest BCUT2D eigenvalue weighted by Crippen LogP contribution is -2.37. The Labute approximate surface area is 198 Å². The van der Waals surface area contributed by atoms with Gasteiger partial charge in [0.2, 0.25) is 11.8 Å². The van der Waals surface area contributed by atoms with Crippen LogP contribution in [0.1, 0.15) is 24.8 Å². The zero-order chi connectivity index (χ0) is 23.6. The molecule has 2 aromatic carbocycles. The van der Waals surface area contributed by atoms with Crippen LogP contribution in [0.2, 0.25) is 5.02 Å². The second kappa shape index (κ2) is 9.57. The van der Waals surface area contributed by atoms with E-state index in [2.05, 4.69) is 5.32 Å². The molecule has 0 bridgehead atoms. The largest absolute Gasteiger partial charge is 0.341 e. The van der Waals surface area contributed by atoms with E-state index in [4.69, 9.17) is 11.6 Å². The Morgan fingerprint density at radius 2 is 1.79 bits per heavy atom. The minimum atomic E-state index is -3.96. The maximum absolute atomic E-state index is 13.2. The van der Waals surface area contributed by atoms with Gasteiger partial charge in [0.25, 0.3) is 0 Å². The minimum Gasteiger partial charge on any atom is -0.341 e. The highest BCUT2D eigenvalue weighted by Gasteiger charge is 2.26. The second-order valence-electron chi connectivity index (χ2n) is 8.35. The Balaban J connectivity index is 1.56. The fourth-order valence-corrected chi connectivity index (χ4v) is 5.65. The summed E-state index contributed by atoms with van der Waals surface area (Å²) in [7, 11) is -3.96. The molecular weight excluding hydrogens is 462 g/mol. The first-order chi connectivity index (χ1) is 15.7. The molecule has 1 fully saturated rings. The third kappa shape index (κ3) is 5.23. The van der Waals surface area contributed by atoms with Crippen molar-refractivity contribution < 1.29 is 18.0 Å². The predicted octanol–water partition coefficient (Wildman–Crippen LogP) is 4.03. The molecule has 7 nitrogen and oxygen atoms in total. The number of nitrogens with one attached hydrogen (secondary N) is 1. The van der Waals surface area contributed by atoms with E-state index in [9.17, 15) is 18.0 Å². The minimum absolute atomic E-state index is 0.0339. The summed E-state index contributed by atoms with van der Waals surface area (Å²) in [6.07, 6.45) is 4.56. The standard InChI is InChI=1S/C24H26ClN3O4S/c1-17-9-10-18(13-20(17)25)26-23(29)16-33(31,32)22-14-28(21-8-4-3-7-19(21)22)15-24(30)27-11-5-2-6-12-27/h3-4,7-10,13-14H,2,5-6,11-12,15-16H2,1H3,(H,26,29). The Morgan fingerprint density at radius 1 is 1.06 bits per heavy atom. The summed E-state index contributed by atoms with van der Waals surface area (Å²) in [5, 5.41) is 3.57. The van der Waals surface area contributed by atoms with Crippen LogP contribution >= 0.6 is 11.6 Å². The van der Waals surface area contributed by atoms with E-state index in [1.807, 2.05) is 11.8 Å². The van der Waals surface area contributed by atoms with Gasteiger partial charge in [0.15, 0.2) is 9.84 Å². The lowest BCUT2D eigenvalue weighted by Gasteiger charge is -2.27. The van der Waals surface area contributed by atoms with Gasteiger partial charge in [0.1, 0.15) is 12.3 Å². The van der Waals surface area contributed by atoms with Gasteiger partial charge in [-0.15, -0.1) is 0 Å². The number of carbonyl (C=O) groups is 2. The quantitative estimate of drug-likeness (QED) is 0.568.